The number of aromatic nitrogens is 5. The van der Waals surface area contributed by atoms with Gasteiger partial charge in [0.2, 0.25) is 0 Å². The molecule has 0 spiro atoms. The van der Waals surface area contributed by atoms with E-state index < -0.39 is 17.2 Å². The highest BCUT2D eigenvalue weighted by Crippen LogP contribution is 2.33. The van der Waals surface area contributed by atoms with Crippen molar-refractivity contribution in [3.8, 4) is 11.8 Å². The van der Waals surface area contributed by atoms with Crippen molar-refractivity contribution in [2.75, 3.05) is 0 Å². The molecule has 0 aliphatic rings. The van der Waals surface area contributed by atoms with Crippen LogP contribution in [-0.4, -0.2) is 29.7 Å². The third-order valence-electron chi connectivity index (χ3n) is 6.19. The number of aryl methyl sites for hydroxylation is 1. The third kappa shape index (κ3) is 4.90. The van der Waals surface area contributed by atoms with Gasteiger partial charge in [0.1, 0.15) is 42.2 Å². The molecule has 5 rings (SSSR count). The SMILES string of the molecule is Cc1c2c(OCc3ccc(C#N)cc3)cccc2nn1CC(O)(Cn1cncn1)c1ccc(F)cc1F. The number of nitrogens with zero attached hydrogens (tertiary/aromatic N) is 6. The van der Waals surface area contributed by atoms with Gasteiger partial charge in [0.05, 0.1) is 35.6 Å². The Morgan fingerprint density at radius 1 is 1.08 bits per heavy atom. The Balaban J connectivity index is 1.49. The quantitative estimate of drug-likeness (QED) is 0.342. The average molecular weight is 501 g/mol. The molecular weight excluding hydrogens is 478 g/mol. The van der Waals surface area contributed by atoms with E-state index in [1.54, 1.807) is 16.8 Å². The van der Waals surface area contributed by atoms with E-state index in [0.29, 0.717) is 22.5 Å². The molecule has 0 aliphatic carbocycles. The maximum atomic E-state index is 14.8. The van der Waals surface area contributed by atoms with Crippen LogP contribution in [0.4, 0.5) is 8.78 Å². The van der Waals surface area contributed by atoms with Crippen LogP contribution in [-0.2, 0) is 25.3 Å². The first kappa shape index (κ1) is 24.1. The van der Waals surface area contributed by atoms with Crippen LogP contribution in [0.25, 0.3) is 10.9 Å². The lowest BCUT2D eigenvalue weighted by atomic mass is 9.92. The van der Waals surface area contributed by atoms with Gasteiger partial charge in [-0.1, -0.05) is 24.3 Å². The molecule has 0 saturated heterocycles. The standard InChI is InChI=1S/C27H22F2N6O2/c1-18-26-24(3-2-4-25(26)37-13-20-7-5-19(12-30)6-8-20)33-35(18)15-27(36,14-34-17-31-16-32-34)22-10-9-21(28)11-23(22)29/h2-11,16-17,36H,13-15H2,1H3. The van der Waals surface area contributed by atoms with Crippen LogP contribution < -0.4 is 4.74 Å². The molecule has 0 saturated carbocycles. The first-order valence-corrected chi connectivity index (χ1v) is 11.4. The highest BCUT2D eigenvalue weighted by molar-refractivity contribution is 5.87. The van der Waals surface area contributed by atoms with Crippen molar-refractivity contribution < 1.29 is 18.6 Å². The Morgan fingerprint density at radius 2 is 1.89 bits per heavy atom. The van der Waals surface area contributed by atoms with Crippen molar-refractivity contribution in [1.82, 2.24) is 24.5 Å². The van der Waals surface area contributed by atoms with Crippen LogP contribution in [0.15, 0.2) is 73.3 Å². The Hall–Kier alpha value is -4.62. The van der Waals surface area contributed by atoms with Crippen molar-refractivity contribution in [2.24, 2.45) is 0 Å². The summed E-state index contributed by atoms with van der Waals surface area (Å²) in [5, 5.41) is 30.1. The lowest BCUT2D eigenvalue weighted by Crippen LogP contribution is -2.38. The minimum atomic E-state index is -1.82. The fraction of sp³-hybridized carbons (Fsp3) is 0.185. The van der Waals surface area contributed by atoms with E-state index in [9.17, 15) is 13.9 Å². The fourth-order valence-electron chi connectivity index (χ4n) is 4.33. The first-order valence-electron chi connectivity index (χ1n) is 11.4. The summed E-state index contributed by atoms with van der Waals surface area (Å²) in [5.74, 6) is -1.02. The molecule has 5 aromatic rings. The first-order chi connectivity index (χ1) is 17.9. The maximum Gasteiger partial charge on any atom is 0.137 e. The Morgan fingerprint density at radius 3 is 2.59 bits per heavy atom. The number of fused-ring (bicyclic) bond motifs is 1. The van der Waals surface area contributed by atoms with Crippen molar-refractivity contribution in [3.05, 3.63) is 107 Å². The lowest BCUT2D eigenvalue weighted by Gasteiger charge is -2.29. The number of hydrogen-bond acceptors (Lipinski definition) is 6. The van der Waals surface area contributed by atoms with E-state index in [1.807, 2.05) is 37.3 Å². The second kappa shape index (κ2) is 9.79. The van der Waals surface area contributed by atoms with Crippen LogP contribution in [0.3, 0.4) is 0 Å². The summed E-state index contributed by atoms with van der Waals surface area (Å²) in [6.45, 7) is 1.85. The number of aliphatic hydroxyl groups is 1. The van der Waals surface area contributed by atoms with Crippen molar-refractivity contribution in [1.29, 1.82) is 5.26 Å². The Labute approximate surface area is 211 Å². The zero-order valence-electron chi connectivity index (χ0n) is 19.8. The number of rotatable bonds is 8. The average Bonchev–Trinajstić information content (AvgIpc) is 3.50. The summed E-state index contributed by atoms with van der Waals surface area (Å²) in [5.41, 5.74) is 0.902. The summed E-state index contributed by atoms with van der Waals surface area (Å²) in [6, 6.07) is 17.7. The monoisotopic (exact) mass is 500 g/mol. The van der Waals surface area contributed by atoms with Crippen molar-refractivity contribution in [2.45, 2.75) is 32.2 Å². The molecular formula is C27H22F2N6O2. The molecule has 0 aliphatic heterocycles. The number of benzene rings is 3. The topological polar surface area (TPSA) is 102 Å². The molecule has 3 aromatic carbocycles. The largest absolute Gasteiger partial charge is 0.488 e. The van der Waals surface area contributed by atoms with Gasteiger partial charge in [-0.05, 0) is 42.8 Å². The lowest BCUT2D eigenvalue weighted by molar-refractivity contribution is -0.00880. The second-order valence-electron chi connectivity index (χ2n) is 8.74. The minimum Gasteiger partial charge on any atom is -0.488 e. The predicted molar refractivity (Wildman–Crippen MR) is 130 cm³/mol. The van der Waals surface area contributed by atoms with Gasteiger partial charge in [-0.3, -0.25) is 4.68 Å². The molecule has 10 heteroatoms. The fourth-order valence-corrected chi connectivity index (χ4v) is 4.33. The maximum absolute atomic E-state index is 14.8. The molecule has 2 aromatic heterocycles. The van der Waals surface area contributed by atoms with E-state index in [4.69, 9.17) is 10.00 Å². The molecule has 186 valence electrons. The van der Waals surface area contributed by atoms with E-state index in [0.717, 1.165) is 23.1 Å². The molecule has 0 bridgehead atoms. The van der Waals surface area contributed by atoms with Gasteiger partial charge >= 0.3 is 0 Å². The molecule has 2 heterocycles. The molecule has 1 N–H and O–H groups in total. The van der Waals surface area contributed by atoms with E-state index in [-0.39, 0.29) is 25.3 Å². The van der Waals surface area contributed by atoms with Crippen LogP contribution in [0.2, 0.25) is 0 Å². The highest BCUT2D eigenvalue weighted by Gasteiger charge is 2.35. The van der Waals surface area contributed by atoms with Gasteiger partial charge in [-0.15, -0.1) is 0 Å². The van der Waals surface area contributed by atoms with Crippen molar-refractivity contribution >= 4 is 10.9 Å². The molecule has 37 heavy (non-hydrogen) atoms. The van der Waals surface area contributed by atoms with E-state index in [1.165, 1.54) is 23.4 Å². The number of nitriles is 1. The zero-order chi connectivity index (χ0) is 26.0. The van der Waals surface area contributed by atoms with E-state index >= 15 is 0 Å². The van der Waals surface area contributed by atoms with Gasteiger partial charge in [-0.2, -0.15) is 15.5 Å². The molecule has 1 unspecified atom stereocenters. The smallest absolute Gasteiger partial charge is 0.137 e. The number of ether oxygens (including phenoxy) is 1. The van der Waals surface area contributed by atoms with Crippen molar-refractivity contribution in [3.63, 3.8) is 0 Å². The van der Waals surface area contributed by atoms with Crippen LogP contribution in [0.5, 0.6) is 5.75 Å². The molecule has 8 nitrogen and oxygen atoms in total. The Kier molecular flexibility index (Phi) is 6.38. The summed E-state index contributed by atoms with van der Waals surface area (Å²) < 4.78 is 37.5. The van der Waals surface area contributed by atoms with Crippen LogP contribution in [0, 0.1) is 29.9 Å². The van der Waals surface area contributed by atoms with Gasteiger partial charge in [0.25, 0.3) is 0 Å². The second-order valence-corrected chi connectivity index (χ2v) is 8.74. The van der Waals surface area contributed by atoms with Crippen LogP contribution >= 0.6 is 0 Å². The van der Waals surface area contributed by atoms with Gasteiger partial charge in [-0.25, -0.2) is 18.4 Å². The van der Waals surface area contributed by atoms with Gasteiger partial charge in [0.15, 0.2) is 0 Å². The van der Waals surface area contributed by atoms with Gasteiger partial charge < -0.3 is 9.84 Å². The summed E-state index contributed by atoms with van der Waals surface area (Å²) in [7, 11) is 0. The number of halogens is 2. The summed E-state index contributed by atoms with van der Waals surface area (Å²) >= 11 is 0. The number of hydrogen-bond donors (Lipinski definition) is 1. The zero-order valence-corrected chi connectivity index (χ0v) is 19.8. The molecule has 0 fully saturated rings. The normalized spacial score (nSPS) is 12.8. The summed E-state index contributed by atoms with van der Waals surface area (Å²) in [6.07, 6.45) is 2.72. The summed E-state index contributed by atoms with van der Waals surface area (Å²) in [4.78, 5) is 3.89. The Bertz CT molecular complexity index is 1590. The molecule has 1 atom stereocenters. The molecule has 0 radical (unpaired) electrons. The van der Waals surface area contributed by atoms with Gasteiger partial charge in [0, 0.05) is 17.3 Å². The predicted octanol–water partition coefficient (Wildman–Crippen LogP) is 4.25. The minimum absolute atomic E-state index is 0.0827. The van der Waals surface area contributed by atoms with Crippen LogP contribution in [0.1, 0.15) is 22.4 Å². The highest BCUT2D eigenvalue weighted by atomic mass is 19.1. The molecule has 0 amide bonds. The third-order valence-corrected chi connectivity index (χ3v) is 6.19. The van der Waals surface area contributed by atoms with E-state index in [2.05, 4.69) is 21.3 Å².